The predicted molar refractivity (Wildman–Crippen MR) is 148 cm³/mol. The lowest BCUT2D eigenvalue weighted by atomic mass is 9.73. The first-order valence-electron chi connectivity index (χ1n) is 13.7. The van der Waals surface area contributed by atoms with E-state index in [1.165, 1.54) is 30.7 Å². The van der Waals surface area contributed by atoms with Crippen LogP contribution < -0.4 is 14.8 Å². The number of aliphatic hydroxyl groups is 1. The number of methoxy groups -OCH3 is 1. The molecule has 1 saturated carbocycles. The smallest absolute Gasteiger partial charge is 0.279 e. The molecule has 0 unspecified atom stereocenters. The number of hydrogen-bond acceptors (Lipinski definition) is 5. The maximum absolute atomic E-state index is 13.3. The van der Waals surface area contributed by atoms with Gasteiger partial charge in [-0.25, -0.2) is 0 Å². The Morgan fingerprint density at radius 2 is 1.71 bits per heavy atom. The highest BCUT2D eigenvalue weighted by Crippen LogP contribution is 2.36. The van der Waals surface area contributed by atoms with Gasteiger partial charge in [0.05, 0.1) is 19.3 Å². The molecule has 4 rings (SSSR count). The summed E-state index contributed by atoms with van der Waals surface area (Å²) in [5.74, 6) is 0.753. The number of carbonyl (C=O) groups is 1. The third-order valence-corrected chi connectivity index (χ3v) is 9.90. The van der Waals surface area contributed by atoms with Gasteiger partial charge >= 0.3 is 0 Å². The third kappa shape index (κ3) is 6.94. The molecule has 2 aliphatic rings. The summed E-state index contributed by atoms with van der Waals surface area (Å²) in [7, 11) is -2.20. The second-order valence-electron chi connectivity index (χ2n) is 10.7. The largest absolute Gasteiger partial charge is 0.496 e. The molecule has 0 spiro atoms. The van der Waals surface area contributed by atoms with Crippen molar-refractivity contribution in [2.75, 3.05) is 33.4 Å². The lowest BCUT2D eigenvalue weighted by Gasteiger charge is -2.42. The molecule has 0 aromatic heterocycles. The first kappa shape index (κ1) is 28.5. The molecular weight excluding hydrogens is 502 g/mol. The molecule has 1 amide bonds. The van der Waals surface area contributed by atoms with Crippen molar-refractivity contribution in [3.05, 3.63) is 65.7 Å². The van der Waals surface area contributed by atoms with Crippen LogP contribution in [0.2, 0.25) is 0 Å². The fourth-order valence-corrected chi connectivity index (χ4v) is 7.37. The SMILES string of the molecule is COc1ccccc1C(=O)NCC1(c2ccccc2)CCN(S(=O)(=O)N[C@H](CO)CC2CCCCC2)CC1. The molecule has 1 aliphatic carbocycles. The van der Waals surface area contributed by atoms with Crippen LogP contribution in [0.4, 0.5) is 0 Å². The molecule has 3 N–H and O–H groups in total. The van der Waals surface area contributed by atoms with Gasteiger partial charge in [-0.05, 0) is 42.9 Å². The summed E-state index contributed by atoms with van der Waals surface area (Å²) in [5, 5.41) is 13.0. The zero-order valence-electron chi connectivity index (χ0n) is 22.3. The number of rotatable bonds is 11. The van der Waals surface area contributed by atoms with Crippen LogP contribution in [0, 0.1) is 5.92 Å². The van der Waals surface area contributed by atoms with E-state index in [0.29, 0.717) is 56.1 Å². The molecule has 1 saturated heterocycles. The Hall–Kier alpha value is -2.46. The van der Waals surface area contributed by atoms with E-state index in [4.69, 9.17) is 4.74 Å². The van der Waals surface area contributed by atoms with E-state index in [2.05, 4.69) is 10.0 Å². The molecule has 1 heterocycles. The van der Waals surface area contributed by atoms with Gasteiger partial charge in [0.25, 0.3) is 16.1 Å². The van der Waals surface area contributed by atoms with Crippen LogP contribution >= 0.6 is 0 Å². The molecule has 8 nitrogen and oxygen atoms in total. The zero-order chi connectivity index (χ0) is 27.0. The second kappa shape index (κ2) is 13.1. The number of piperidine rings is 1. The first-order valence-corrected chi connectivity index (χ1v) is 15.2. The maximum atomic E-state index is 13.3. The Kier molecular flexibility index (Phi) is 9.81. The van der Waals surface area contributed by atoms with Crippen molar-refractivity contribution in [3.63, 3.8) is 0 Å². The van der Waals surface area contributed by atoms with Crippen LogP contribution in [-0.4, -0.2) is 63.1 Å². The summed E-state index contributed by atoms with van der Waals surface area (Å²) in [5.41, 5.74) is 1.15. The Labute approximate surface area is 227 Å². The minimum absolute atomic E-state index is 0.202. The number of aliphatic hydroxyl groups excluding tert-OH is 1. The Morgan fingerprint density at radius 3 is 2.37 bits per heavy atom. The lowest BCUT2D eigenvalue weighted by molar-refractivity contribution is 0.0929. The summed E-state index contributed by atoms with van der Waals surface area (Å²) in [4.78, 5) is 13.1. The standard InChI is InChI=1S/C29H41N3O5S/c1-37-27-15-9-8-14-26(27)28(34)30-22-29(24-12-6-3-7-13-24)16-18-32(19-17-29)38(35,36)31-25(21-33)20-23-10-4-2-5-11-23/h3,6-9,12-15,23,25,31,33H,2,4-5,10-11,16-22H2,1H3,(H,30,34)/t25-/m0/s1. The van der Waals surface area contributed by atoms with Crippen molar-refractivity contribution in [2.45, 2.75) is 62.8 Å². The number of ether oxygens (including phenoxy) is 1. The summed E-state index contributed by atoms with van der Waals surface area (Å²) >= 11 is 0. The van der Waals surface area contributed by atoms with Crippen molar-refractivity contribution in [1.82, 2.24) is 14.3 Å². The molecule has 2 aromatic carbocycles. The van der Waals surface area contributed by atoms with Crippen LogP contribution in [-0.2, 0) is 15.6 Å². The van der Waals surface area contributed by atoms with Gasteiger partial charge in [-0.15, -0.1) is 0 Å². The van der Waals surface area contributed by atoms with Gasteiger partial charge in [-0.2, -0.15) is 17.4 Å². The predicted octanol–water partition coefficient (Wildman–Crippen LogP) is 3.62. The number of nitrogens with one attached hydrogen (secondary N) is 2. The second-order valence-corrected chi connectivity index (χ2v) is 12.4. The molecule has 208 valence electrons. The van der Waals surface area contributed by atoms with Gasteiger partial charge in [-0.1, -0.05) is 74.6 Å². The number of amides is 1. The molecule has 1 aliphatic heterocycles. The van der Waals surface area contributed by atoms with E-state index in [0.717, 1.165) is 18.4 Å². The highest BCUT2D eigenvalue weighted by Gasteiger charge is 2.40. The van der Waals surface area contributed by atoms with Gasteiger partial charge in [0.2, 0.25) is 0 Å². The van der Waals surface area contributed by atoms with Crippen molar-refractivity contribution in [3.8, 4) is 5.75 Å². The first-order chi connectivity index (χ1) is 18.4. The van der Waals surface area contributed by atoms with Gasteiger partial charge in [0.1, 0.15) is 5.75 Å². The molecular formula is C29H41N3O5S. The van der Waals surface area contributed by atoms with Gasteiger partial charge < -0.3 is 15.2 Å². The number of benzene rings is 2. The molecule has 38 heavy (non-hydrogen) atoms. The van der Waals surface area contributed by atoms with Crippen molar-refractivity contribution >= 4 is 16.1 Å². The normalized spacial score (nSPS) is 19.5. The van der Waals surface area contributed by atoms with Crippen molar-refractivity contribution < 1.29 is 23.1 Å². The number of carbonyl (C=O) groups excluding carboxylic acids is 1. The van der Waals surface area contributed by atoms with Crippen LogP contribution in [0.15, 0.2) is 54.6 Å². The minimum Gasteiger partial charge on any atom is -0.496 e. The molecule has 2 fully saturated rings. The molecule has 2 aromatic rings. The fourth-order valence-electron chi connectivity index (χ4n) is 5.96. The van der Waals surface area contributed by atoms with Gasteiger partial charge in [0.15, 0.2) is 0 Å². The molecule has 0 bridgehead atoms. The van der Waals surface area contributed by atoms with Crippen LogP contribution in [0.1, 0.15) is 67.3 Å². The van der Waals surface area contributed by atoms with Crippen LogP contribution in [0.25, 0.3) is 0 Å². The van der Waals surface area contributed by atoms with Crippen molar-refractivity contribution in [2.24, 2.45) is 5.92 Å². The zero-order valence-corrected chi connectivity index (χ0v) is 23.1. The average Bonchev–Trinajstić information content (AvgIpc) is 2.96. The number of para-hydroxylation sites is 1. The third-order valence-electron chi connectivity index (χ3n) is 8.22. The van der Waals surface area contributed by atoms with E-state index >= 15 is 0 Å². The molecule has 0 radical (unpaired) electrons. The maximum Gasteiger partial charge on any atom is 0.279 e. The van der Waals surface area contributed by atoms with E-state index < -0.39 is 21.7 Å². The average molecular weight is 544 g/mol. The monoisotopic (exact) mass is 543 g/mol. The Morgan fingerprint density at radius 1 is 1.05 bits per heavy atom. The highest BCUT2D eigenvalue weighted by atomic mass is 32.2. The van der Waals surface area contributed by atoms with Crippen LogP contribution in [0.3, 0.4) is 0 Å². The van der Waals surface area contributed by atoms with E-state index in [1.807, 2.05) is 36.4 Å². The van der Waals surface area contributed by atoms with E-state index in [9.17, 15) is 18.3 Å². The Balaban J connectivity index is 1.43. The highest BCUT2D eigenvalue weighted by molar-refractivity contribution is 7.87. The molecule has 9 heteroatoms. The summed E-state index contributed by atoms with van der Waals surface area (Å²) in [6.07, 6.45) is 7.60. The lowest BCUT2D eigenvalue weighted by Crippen LogP contribution is -2.54. The van der Waals surface area contributed by atoms with Gasteiger partial charge in [-0.3, -0.25) is 4.79 Å². The van der Waals surface area contributed by atoms with Crippen molar-refractivity contribution in [1.29, 1.82) is 0 Å². The summed E-state index contributed by atoms with van der Waals surface area (Å²) in [6.45, 7) is 0.843. The quantitative estimate of drug-likeness (QED) is 0.401. The topological polar surface area (TPSA) is 108 Å². The molecule has 1 atom stereocenters. The van der Waals surface area contributed by atoms with E-state index in [1.54, 1.807) is 18.2 Å². The minimum atomic E-state index is -3.74. The number of nitrogens with zero attached hydrogens (tertiary/aromatic N) is 1. The van der Waals surface area contributed by atoms with Crippen LogP contribution in [0.5, 0.6) is 5.75 Å². The number of hydrogen-bond donors (Lipinski definition) is 3. The van der Waals surface area contributed by atoms with Gasteiger partial charge in [0, 0.05) is 31.1 Å². The fraction of sp³-hybridized carbons (Fsp3) is 0.552. The summed E-state index contributed by atoms with van der Waals surface area (Å²) < 4.78 is 36.2. The summed E-state index contributed by atoms with van der Waals surface area (Å²) in [6, 6.07) is 16.6. The van der Waals surface area contributed by atoms with E-state index in [-0.39, 0.29) is 12.5 Å². The Bertz CT molecular complexity index is 1140.